The fourth-order valence-corrected chi connectivity index (χ4v) is 4.32. The van der Waals surface area contributed by atoms with Crippen LogP contribution >= 0.6 is 11.3 Å². The molecule has 0 bridgehead atoms. The third kappa shape index (κ3) is 7.16. The van der Waals surface area contributed by atoms with Crippen LogP contribution in [0.1, 0.15) is 64.9 Å². The van der Waals surface area contributed by atoms with Gasteiger partial charge in [-0.1, -0.05) is 43.9 Å². The molecule has 0 radical (unpaired) electrons. The van der Waals surface area contributed by atoms with Crippen LogP contribution in [0, 0.1) is 5.13 Å². The van der Waals surface area contributed by atoms with Crippen molar-refractivity contribution in [2.75, 3.05) is 5.32 Å². The van der Waals surface area contributed by atoms with Crippen LogP contribution in [0.3, 0.4) is 0 Å². The van der Waals surface area contributed by atoms with Gasteiger partial charge in [0.15, 0.2) is 5.13 Å². The highest BCUT2D eigenvalue weighted by Gasteiger charge is 2.36. The maximum absolute atomic E-state index is 14.4. The summed E-state index contributed by atoms with van der Waals surface area (Å²) in [7, 11) is 0. The fraction of sp³-hybridized carbons (Fsp3) is 0.440. The maximum Gasteiger partial charge on any atom is 0.420 e. The topological polar surface area (TPSA) is 47.0 Å². The van der Waals surface area contributed by atoms with E-state index in [1.807, 2.05) is 0 Å². The predicted octanol–water partition coefficient (Wildman–Crippen LogP) is 8.62. The molecule has 1 N–H and O–H groups in total. The monoisotopic (exact) mass is 495 g/mol. The van der Waals surface area contributed by atoms with Gasteiger partial charge in [-0.3, -0.25) is 4.98 Å². The zero-order valence-electron chi connectivity index (χ0n) is 19.5. The number of hydrogen-bond acceptors (Lipinski definition) is 5. The molecule has 0 fully saturated rings. The van der Waals surface area contributed by atoms with Gasteiger partial charge in [0.05, 0.1) is 5.56 Å². The highest BCUT2D eigenvalue weighted by molar-refractivity contribution is 7.14. The predicted molar refractivity (Wildman–Crippen MR) is 128 cm³/mol. The first-order valence-corrected chi connectivity index (χ1v) is 12.1. The number of ether oxygens (including phenoxy) is 1. The molecule has 34 heavy (non-hydrogen) atoms. The average Bonchev–Trinajstić information content (AvgIpc) is 3.14. The van der Waals surface area contributed by atoms with Crippen LogP contribution in [0.4, 0.5) is 28.4 Å². The molecule has 9 heteroatoms. The lowest BCUT2D eigenvalue weighted by Gasteiger charge is -2.28. The number of benzene rings is 1. The van der Waals surface area contributed by atoms with E-state index in [4.69, 9.17) is 4.74 Å². The first-order valence-electron chi connectivity index (χ1n) is 11.3. The van der Waals surface area contributed by atoms with Crippen molar-refractivity contribution in [3.8, 4) is 17.0 Å². The molecular weight excluding hydrogens is 466 g/mol. The molecule has 0 aliphatic rings. The molecule has 4 nitrogen and oxygen atoms in total. The zero-order valence-corrected chi connectivity index (χ0v) is 20.3. The van der Waals surface area contributed by atoms with Gasteiger partial charge in [-0.2, -0.15) is 17.6 Å². The van der Waals surface area contributed by atoms with E-state index in [1.165, 1.54) is 18.3 Å². The second-order valence-corrected chi connectivity index (χ2v) is 9.69. The molecular formula is C25H29F4N3OS. The Hall–Kier alpha value is -2.68. The quantitative estimate of drug-likeness (QED) is 0.214. The van der Waals surface area contributed by atoms with Gasteiger partial charge >= 0.3 is 6.18 Å². The molecule has 0 aliphatic heterocycles. The summed E-state index contributed by atoms with van der Waals surface area (Å²) in [5, 5.41) is 2.38. The smallest absolute Gasteiger partial charge is 0.420 e. The number of alkyl halides is 3. The SMILES string of the molecule is CCCCCCCC(C)(C)Oc1ccc(Nc2nc(-c3cccnc3)c(F)s2)cc1C(F)(F)F. The number of pyridine rings is 1. The molecule has 1 aromatic carbocycles. The number of unbranched alkanes of at least 4 members (excludes halogenated alkanes) is 4. The van der Waals surface area contributed by atoms with Crippen LogP contribution in [-0.2, 0) is 6.18 Å². The van der Waals surface area contributed by atoms with E-state index in [1.54, 1.807) is 32.2 Å². The van der Waals surface area contributed by atoms with Gasteiger partial charge in [0.1, 0.15) is 17.0 Å². The molecule has 0 saturated heterocycles. The van der Waals surface area contributed by atoms with Gasteiger partial charge in [0, 0.05) is 23.6 Å². The van der Waals surface area contributed by atoms with E-state index >= 15 is 0 Å². The molecule has 0 aliphatic carbocycles. The lowest BCUT2D eigenvalue weighted by Crippen LogP contribution is -2.29. The van der Waals surface area contributed by atoms with Crippen LogP contribution < -0.4 is 10.1 Å². The Kier molecular flexibility index (Phi) is 8.52. The largest absolute Gasteiger partial charge is 0.487 e. The van der Waals surface area contributed by atoms with Crippen molar-refractivity contribution in [1.82, 2.24) is 9.97 Å². The van der Waals surface area contributed by atoms with E-state index in [0.717, 1.165) is 49.5 Å². The highest BCUT2D eigenvalue weighted by Crippen LogP contribution is 2.41. The second kappa shape index (κ2) is 11.2. The zero-order chi connectivity index (χ0) is 24.8. The van der Waals surface area contributed by atoms with Gasteiger partial charge in [0.2, 0.25) is 5.13 Å². The Labute approximate surface area is 201 Å². The number of hydrogen-bond donors (Lipinski definition) is 1. The van der Waals surface area contributed by atoms with Crippen molar-refractivity contribution < 1.29 is 22.3 Å². The highest BCUT2D eigenvalue weighted by atomic mass is 32.1. The molecule has 0 spiro atoms. The van der Waals surface area contributed by atoms with E-state index in [-0.39, 0.29) is 22.3 Å². The summed E-state index contributed by atoms with van der Waals surface area (Å²) in [4.78, 5) is 8.13. The van der Waals surface area contributed by atoms with Gasteiger partial charge in [0.25, 0.3) is 0 Å². The normalized spacial score (nSPS) is 12.1. The molecule has 0 amide bonds. The Morgan fingerprint density at radius 1 is 1.06 bits per heavy atom. The molecule has 2 aromatic heterocycles. The number of thiazole rings is 1. The van der Waals surface area contributed by atoms with E-state index in [0.29, 0.717) is 12.0 Å². The summed E-state index contributed by atoms with van der Waals surface area (Å²) in [6.07, 6.45) is 4.39. The summed E-state index contributed by atoms with van der Waals surface area (Å²) < 4.78 is 61.7. The number of nitrogens with one attached hydrogen (secondary N) is 1. The standard InChI is InChI=1S/C25H29F4N3OS/c1-4-5-6-7-8-13-24(2,3)33-20-12-11-18(15-19(20)25(27,28)29)31-23-32-21(22(26)34-23)17-10-9-14-30-16-17/h9-12,14-16H,4-8,13H2,1-3H3,(H,31,32). The van der Waals surface area contributed by atoms with Crippen molar-refractivity contribution in [1.29, 1.82) is 0 Å². The van der Waals surface area contributed by atoms with Crippen LogP contribution in [0.2, 0.25) is 0 Å². The third-order valence-corrected chi connectivity index (χ3v) is 6.08. The minimum absolute atomic E-state index is 0.0947. The molecule has 0 atom stereocenters. The summed E-state index contributed by atoms with van der Waals surface area (Å²) in [5.74, 6) is -0.224. The van der Waals surface area contributed by atoms with Crippen molar-refractivity contribution in [2.24, 2.45) is 0 Å². The molecule has 184 valence electrons. The number of nitrogens with zero attached hydrogens (tertiary/aromatic N) is 2. The minimum atomic E-state index is -4.61. The Morgan fingerprint density at radius 3 is 2.50 bits per heavy atom. The lowest BCUT2D eigenvalue weighted by molar-refractivity contribution is -0.139. The second-order valence-electron chi connectivity index (χ2n) is 8.74. The Morgan fingerprint density at radius 2 is 1.82 bits per heavy atom. The molecule has 3 rings (SSSR count). The number of rotatable bonds is 11. The lowest BCUT2D eigenvalue weighted by atomic mass is 9.99. The van der Waals surface area contributed by atoms with Gasteiger partial charge in [-0.05, 0) is 57.0 Å². The van der Waals surface area contributed by atoms with Crippen LogP contribution in [-0.4, -0.2) is 15.6 Å². The van der Waals surface area contributed by atoms with E-state index in [2.05, 4.69) is 22.2 Å². The summed E-state index contributed by atoms with van der Waals surface area (Å²) >= 11 is 0.717. The first kappa shape index (κ1) is 25.9. The van der Waals surface area contributed by atoms with E-state index < -0.39 is 22.5 Å². The van der Waals surface area contributed by atoms with Crippen molar-refractivity contribution in [3.63, 3.8) is 0 Å². The number of halogens is 4. The van der Waals surface area contributed by atoms with Crippen LogP contribution in [0.15, 0.2) is 42.7 Å². The van der Waals surface area contributed by atoms with Crippen molar-refractivity contribution >= 4 is 22.2 Å². The molecule has 0 unspecified atom stereocenters. The average molecular weight is 496 g/mol. The molecule has 2 heterocycles. The summed E-state index contributed by atoms with van der Waals surface area (Å²) in [5.41, 5.74) is -0.902. The number of anilines is 2. The Balaban J connectivity index is 1.76. The molecule has 0 saturated carbocycles. The van der Waals surface area contributed by atoms with Crippen LogP contribution in [0.25, 0.3) is 11.3 Å². The minimum Gasteiger partial charge on any atom is -0.487 e. The van der Waals surface area contributed by atoms with Crippen LogP contribution in [0.5, 0.6) is 5.75 Å². The van der Waals surface area contributed by atoms with E-state index in [9.17, 15) is 17.6 Å². The molecule has 3 aromatic rings. The van der Waals surface area contributed by atoms with Crippen molar-refractivity contribution in [3.05, 3.63) is 53.4 Å². The number of aromatic nitrogens is 2. The fourth-order valence-electron chi connectivity index (χ4n) is 3.58. The summed E-state index contributed by atoms with van der Waals surface area (Å²) in [6, 6.07) is 7.06. The van der Waals surface area contributed by atoms with Gasteiger partial charge in [-0.15, -0.1) is 0 Å². The maximum atomic E-state index is 14.4. The van der Waals surface area contributed by atoms with Gasteiger partial charge < -0.3 is 10.1 Å². The first-order chi connectivity index (χ1) is 16.1. The van der Waals surface area contributed by atoms with Gasteiger partial charge in [-0.25, -0.2) is 4.98 Å². The Bertz CT molecular complexity index is 1070. The van der Waals surface area contributed by atoms with Crippen molar-refractivity contribution in [2.45, 2.75) is 71.1 Å². The summed E-state index contributed by atoms with van der Waals surface area (Å²) in [6.45, 7) is 5.74. The third-order valence-electron chi connectivity index (χ3n) is 5.33.